The Labute approximate surface area is 58.8 Å². The molecule has 0 bridgehead atoms. The van der Waals surface area contributed by atoms with Gasteiger partial charge in [-0.25, -0.2) is 8.42 Å². The lowest BCUT2D eigenvalue weighted by Gasteiger charge is -2.06. The van der Waals surface area contributed by atoms with Gasteiger partial charge in [-0.3, -0.25) is 0 Å². The summed E-state index contributed by atoms with van der Waals surface area (Å²) >= 11 is 0. The van der Waals surface area contributed by atoms with Gasteiger partial charge in [0, 0.05) is 11.9 Å². The average molecular weight is 163 g/mol. The van der Waals surface area contributed by atoms with E-state index in [1.807, 2.05) is 0 Å². The summed E-state index contributed by atoms with van der Waals surface area (Å²) in [5.74, 6) is -2.27. The molecule has 0 radical (unpaired) electrons. The van der Waals surface area contributed by atoms with Crippen LogP contribution in [-0.2, 0) is 14.6 Å². The first-order chi connectivity index (χ1) is 4.51. The van der Waals surface area contributed by atoms with E-state index in [-0.39, 0.29) is 17.9 Å². The molecule has 1 aliphatic heterocycles. The molecule has 0 amide bonds. The van der Waals surface area contributed by atoms with E-state index in [0.717, 1.165) is 0 Å². The van der Waals surface area contributed by atoms with E-state index in [0.29, 0.717) is 0 Å². The number of carboxylic acids is 1. The van der Waals surface area contributed by atoms with Crippen molar-refractivity contribution in [3.05, 3.63) is 0 Å². The third-order valence-electron chi connectivity index (χ3n) is 1.57. The number of carboxylic acid groups (broad SMARTS) is 1. The maximum absolute atomic E-state index is 10.7. The van der Waals surface area contributed by atoms with Gasteiger partial charge in [-0.2, -0.15) is 0 Å². The zero-order valence-electron chi connectivity index (χ0n) is 5.24. The molecule has 5 heteroatoms. The highest BCUT2D eigenvalue weighted by Crippen LogP contribution is 2.16. The molecule has 58 valence electrons. The Bertz CT molecular complexity index is 240. The van der Waals surface area contributed by atoms with Crippen molar-refractivity contribution < 1.29 is 18.3 Å². The molecule has 1 aliphatic rings. The van der Waals surface area contributed by atoms with Gasteiger partial charge < -0.3 is 9.90 Å². The minimum absolute atomic E-state index is 0.00829. The second-order valence-corrected chi connectivity index (χ2v) is 4.65. The zero-order valence-corrected chi connectivity index (χ0v) is 6.06. The van der Waals surface area contributed by atoms with Gasteiger partial charge in [-0.1, -0.05) is 0 Å². The molecular weight excluding hydrogens is 156 g/mol. The van der Waals surface area contributed by atoms with E-state index in [2.05, 4.69) is 0 Å². The molecule has 0 N–H and O–H groups in total. The van der Waals surface area contributed by atoms with Crippen LogP contribution in [0.2, 0.25) is 0 Å². The predicted octanol–water partition coefficient (Wildman–Crippen LogP) is -1.83. The Morgan fingerprint density at radius 3 is 2.30 bits per heavy atom. The van der Waals surface area contributed by atoms with Crippen LogP contribution >= 0.6 is 0 Å². The van der Waals surface area contributed by atoms with E-state index < -0.39 is 21.7 Å². The average Bonchev–Trinajstić information content (AvgIpc) is 2.10. The molecule has 4 nitrogen and oxygen atoms in total. The molecule has 0 aromatic carbocycles. The lowest BCUT2D eigenvalue weighted by molar-refractivity contribution is -0.310. The standard InChI is InChI=1S/C5H8O4S/c6-5(7)4-1-2-10(8,9)3-4/h4H,1-3H2,(H,6,7)/p-1/t4-/m0/s1. The first kappa shape index (κ1) is 7.53. The normalized spacial score (nSPS) is 30.2. The number of hydrogen-bond acceptors (Lipinski definition) is 4. The van der Waals surface area contributed by atoms with E-state index in [4.69, 9.17) is 0 Å². The van der Waals surface area contributed by atoms with Gasteiger partial charge in [0.25, 0.3) is 0 Å². The molecule has 1 atom stereocenters. The Morgan fingerprint density at radius 2 is 2.10 bits per heavy atom. The van der Waals surface area contributed by atoms with Crippen molar-refractivity contribution in [2.75, 3.05) is 11.5 Å². The molecule has 0 aromatic heterocycles. The quantitative estimate of drug-likeness (QED) is 0.455. The van der Waals surface area contributed by atoms with E-state index >= 15 is 0 Å². The van der Waals surface area contributed by atoms with Crippen LogP contribution in [0.25, 0.3) is 0 Å². The topological polar surface area (TPSA) is 74.3 Å². The summed E-state index contributed by atoms with van der Waals surface area (Å²) in [6.07, 6.45) is 0.213. The lowest BCUT2D eigenvalue weighted by atomic mass is 10.1. The molecule has 0 saturated carbocycles. The molecule has 1 fully saturated rings. The number of aliphatic carboxylic acids is 1. The molecule has 10 heavy (non-hydrogen) atoms. The van der Waals surface area contributed by atoms with Crippen LogP contribution in [0.3, 0.4) is 0 Å². The summed E-state index contributed by atoms with van der Waals surface area (Å²) in [5.41, 5.74) is 0. The molecule has 0 aromatic rings. The van der Waals surface area contributed by atoms with E-state index in [1.54, 1.807) is 0 Å². The highest BCUT2D eigenvalue weighted by Gasteiger charge is 2.28. The van der Waals surface area contributed by atoms with Crippen molar-refractivity contribution in [2.24, 2.45) is 5.92 Å². The van der Waals surface area contributed by atoms with Crippen molar-refractivity contribution in [3.8, 4) is 0 Å². The highest BCUT2D eigenvalue weighted by molar-refractivity contribution is 7.91. The summed E-state index contributed by atoms with van der Waals surface area (Å²) < 4.78 is 21.3. The second-order valence-electron chi connectivity index (χ2n) is 2.42. The van der Waals surface area contributed by atoms with Crippen LogP contribution in [0.1, 0.15) is 6.42 Å². The third kappa shape index (κ3) is 1.47. The Morgan fingerprint density at radius 1 is 1.50 bits per heavy atom. The first-order valence-corrected chi connectivity index (χ1v) is 4.75. The van der Waals surface area contributed by atoms with Gasteiger partial charge in [-0.05, 0) is 6.42 Å². The van der Waals surface area contributed by atoms with Gasteiger partial charge in [0.1, 0.15) is 0 Å². The monoisotopic (exact) mass is 163 g/mol. The number of hydrogen-bond donors (Lipinski definition) is 0. The van der Waals surface area contributed by atoms with Crippen LogP contribution < -0.4 is 5.11 Å². The van der Waals surface area contributed by atoms with Gasteiger partial charge in [-0.15, -0.1) is 0 Å². The van der Waals surface area contributed by atoms with Crippen LogP contribution in [0.4, 0.5) is 0 Å². The van der Waals surface area contributed by atoms with E-state index in [1.165, 1.54) is 0 Å². The van der Waals surface area contributed by atoms with Crippen molar-refractivity contribution in [3.63, 3.8) is 0 Å². The fraction of sp³-hybridized carbons (Fsp3) is 0.800. The molecule has 1 saturated heterocycles. The lowest BCUT2D eigenvalue weighted by Crippen LogP contribution is -2.31. The summed E-state index contributed by atoms with van der Waals surface area (Å²) in [5, 5.41) is 10.1. The number of carbonyl (C=O) groups excluding carboxylic acids is 1. The number of rotatable bonds is 1. The van der Waals surface area contributed by atoms with Crippen LogP contribution in [0.15, 0.2) is 0 Å². The maximum Gasteiger partial charge on any atom is 0.150 e. The van der Waals surface area contributed by atoms with Crippen LogP contribution in [0.5, 0.6) is 0 Å². The van der Waals surface area contributed by atoms with Gasteiger partial charge in [0.2, 0.25) is 0 Å². The van der Waals surface area contributed by atoms with Crippen molar-refractivity contribution in [1.29, 1.82) is 0 Å². The predicted molar refractivity (Wildman–Crippen MR) is 31.8 cm³/mol. The molecule has 1 rings (SSSR count). The highest BCUT2D eigenvalue weighted by atomic mass is 32.2. The number of carbonyl (C=O) groups is 1. The van der Waals surface area contributed by atoms with Crippen molar-refractivity contribution in [1.82, 2.24) is 0 Å². The Kier molecular flexibility index (Phi) is 1.68. The van der Waals surface area contributed by atoms with Gasteiger partial charge >= 0.3 is 0 Å². The van der Waals surface area contributed by atoms with Gasteiger partial charge in [0.15, 0.2) is 9.84 Å². The minimum Gasteiger partial charge on any atom is -0.550 e. The third-order valence-corrected chi connectivity index (χ3v) is 3.33. The summed E-state index contributed by atoms with van der Waals surface area (Å²) in [4.78, 5) is 10.1. The smallest absolute Gasteiger partial charge is 0.150 e. The Hall–Kier alpha value is -0.580. The van der Waals surface area contributed by atoms with E-state index in [9.17, 15) is 18.3 Å². The Balaban J connectivity index is 2.69. The summed E-state index contributed by atoms with van der Waals surface area (Å²) in [6.45, 7) is 0. The van der Waals surface area contributed by atoms with Crippen LogP contribution in [0, 0.1) is 5.92 Å². The molecular formula is C5H7O4S-. The second kappa shape index (κ2) is 2.23. The minimum atomic E-state index is -3.06. The fourth-order valence-electron chi connectivity index (χ4n) is 0.981. The first-order valence-electron chi connectivity index (χ1n) is 2.92. The van der Waals surface area contributed by atoms with Crippen molar-refractivity contribution >= 4 is 15.8 Å². The molecule has 0 spiro atoms. The van der Waals surface area contributed by atoms with Crippen molar-refractivity contribution in [2.45, 2.75) is 6.42 Å². The summed E-state index contributed by atoms with van der Waals surface area (Å²) in [6, 6.07) is 0. The maximum atomic E-state index is 10.7. The van der Waals surface area contributed by atoms with Gasteiger partial charge in [0.05, 0.1) is 11.5 Å². The summed E-state index contributed by atoms with van der Waals surface area (Å²) in [7, 11) is -3.06. The number of sulfone groups is 1. The molecule has 0 unspecified atom stereocenters. The largest absolute Gasteiger partial charge is 0.550 e. The molecule has 1 heterocycles. The SMILES string of the molecule is O=C([O-])[C@H]1CCS(=O)(=O)C1. The van der Waals surface area contributed by atoms with Crippen LogP contribution in [-0.4, -0.2) is 25.9 Å². The molecule has 0 aliphatic carbocycles. The zero-order chi connectivity index (χ0) is 7.78. The fourth-order valence-corrected chi connectivity index (χ4v) is 2.71.